The summed E-state index contributed by atoms with van der Waals surface area (Å²) in [6, 6.07) is 4.83. The van der Waals surface area contributed by atoms with Gasteiger partial charge in [0, 0.05) is 12.2 Å². The van der Waals surface area contributed by atoms with E-state index in [4.69, 9.17) is 5.73 Å². The SMILES string of the molecule is C=C(C)CNS(=O)(=O)c1cccc(N)c1C. The first-order valence-corrected chi connectivity index (χ1v) is 6.32. The average molecular weight is 240 g/mol. The maximum atomic E-state index is 11.9. The van der Waals surface area contributed by atoms with Crippen molar-refractivity contribution < 1.29 is 8.42 Å². The maximum Gasteiger partial charge on any atom is 0.241 e. The summed E-state index contributed by atoms with van der Waals surface area (Å²) in [6.07, 6.45) is 0. The van der Waals surface area contributed by atoms with Crippen LogP contribution in [0.5, 0.6) is 0 Å². The predicted molar refractivity (Wildman–Crippen MR) is 65.6 cm³/mol. The van der Waals surface area contributed by atoms with E-state index >= 15 is 0 Å². The number of hydrogen-bond acceptors (Lipinski definition) is 3. The number of nitrogens with one attached hydrogen (secondary N) is 1. The van der Waals surface area contributed by atoms with Gasteiger partial charge >= 0.3 is 0 Å². The number of anilines is 1. The number of benzene rings is 1. The van der Waals surface area contributed by atoms with Crippen molar-refractivity contribution in [2.45, 2.75) is 18.7 Å². The van der Waals surface area contributed by atoms with E-state index in [9.17, 15) is 8.42 Å². The van der Waals surface area contributed by atoms with Crippen molar-refractivity contribution in [1.82, 2.24) is 4.72 Å². The fourth-order valence-electron chi connectivity index (χ4n) is 1.22. The zero-order chi connectivity index (χ0) is 12.3. The second-order valence-electron chi connectivity index (χ2n) is 3.75. The van der Waals surface area contributed by atoms with Crippen LogP contribution in [0.4, 0.5) is 5.69 Å². The quantitative estimate of drug-likeness (QED) is 0.617. The van der Waals surface area contributed by atoms with Gasteiger partial charge in [-0.3, -0.25) is 0 Å². The Kier molecular flexibility index (Phi) is 3.72. The Morgan fingerprint density at radius 1 is 1.50 bits per heavy atom. The van der Waals surface area contributed by atoms with Crippen LogP contribution in [0.15, 0.2) is 35.2 Å². The molecule has 0 atom stereocenters. The summed E-state index contributed by atoms with van der Waals surface area (Å²) in [5, 5.41) is 0. The molecule has 0 aliphatic heterocycles. The molecule has 0 aliphatic carbocycles. The third-order valence-corrected chi connectivity index (χ3v) is 3.73. The van der Waals surface area contributed by atoms with E-state index < -0.39 is 10.0 Å². The Hall–Kier alpha value is -1.33. The Morgan fingerprint density at radius 3 is 2.69 bits per heavy atom. The van der Waals surface area contributed by atoms with Crippen LogP contribution in [0.3, 0.4) is 0 Å². The molecule has 1 rings (SSSR count). The first-order chi connectivity index (χ1) is 7.34. The molecule has 1 aromatic rings. The molecular weight excluding hydrogens is 224 g/mol. The Bertz CT molecular complexity index is 507. The van der Waals surface area contributed by atoms with Gasteiger partial charge in [0.1, 0.15) is 0 Å². The van der Waals surface area contributed by atoms with Crippen LogP contribution < -0.4 is 10.5 Å². The van der Waals surface area contributed by atoms with Gasteiger partial charge in [0.05, 0.1) is 4.90 Å². The molecule has 0 fully saturated rings. The van der Waals surface area contributed by atoms with E-state index in [1.807, 2.05) is 0 Å². The molecule has 0 amide bonds. The van der Waals surface area contributed by atoms with Gasteiger partial charge in [-0.15, -0.1) is 0 Å². The van der Waals surface area contributed by atoms with Gasteiger partial charge in [0.15, 0.2) is 0 Å². The van der Waals surface area contributed by atoms with Crippen molar-refractivity contribution in [3.63, 3.8) is 0 Å². The topological polar surface area (TPSA) is 72.2 Å². The standard InChI is InChI=1S/C11H16N2O2S/c1-8(2)7-13-16(14,15)11-6-4-5-10(12)9(11)3/h4-6,13H,1,7,12H2,2-3H3. The van der Waals surface area contributed by atoms with Crippen molar-refractivity contribution >= 4 is 15.7 Å². The Balaban J connectivity index is 3.08. The smallest absolute Gasteiger partial charge is 0.241 e. The minimum Gasteiger partial charge on any atom is -0.398 e. The lowest BCUT2D eigenvalue weighted by Gasteiger charge is -2.10. The summed E-state index contributed by atoms with van der Waals surface area (Å²) in [6.45, 7) is 7.32. The van der Waals surface area contributed by atoms with E-state index in [-0.39, 0.29) is 11.4 Å². The van der Waals surface area contributed by atoms with Crippen molar-refractivity contribution in [2.24, 2.45) is 0 Å². The highest BCUT2D eigenvalue weighted by atomic mass is 32.2. The molecule has 0 saturated heterocycles. The van der Waals surface area contributed by atoms with E-state index in [0.717, 1.165) is 5.57 Å². The van der Waals surface area contributed by atoms with Crippen LogP contribution in [0.2, 0.25) is 0 Å². The molecule has 0 bridgehead atoms. The molecule has 16 heavy (non-hydrogen) atoms. The van der Waals surface area contributed by atoms with Crippen molar-refractivity contribution in [1.29, 1.82) is 0 Å². The maximum absolute atomic E-state index is 11.9. The molecule has 4 nitrogen and oxygen atoms in total. The van der Waals surface area contributed by atoms with Gasteiger partial charge in [-0.1, -0.05) is 18.2 Å². The van der Waals surface area contributed by atoms with E-state index in [1.165, 1.54) is 6.07 Å². The van der Waals surface area contributed by atoms with E-state index in [2.05, 4.69) is 11.3 Å². The highest BCUT2D eigenvalue weighted by Crippen LogP contribution is 2.20. The van der Waals surface area contributed by atoms with Crippen LogP contribution in [-0.2, 0) is 10.0 Å². The zero-order valence-corrected chi connectivity index (χ0v) is 10.3. The molecule has 0 aromatic heterocycles. The van der Waals surface area contributed by atoms with Gasteiger partial charge in [-0.25, -0.2) is 13.1 Å². The number of sulfonamides is 1. The van der Waals surface area contributed by atoms with Crippen LogP contribution >= 0.6 is 0 Å². The Morgan fingerprint density at radius 2 is 2.12 bits per heavy atom. The number of nitrogen functional groups attached to an aromatic ring is 1. The molecule has 0 spiro atoms. The molecule has 3 N–H and O–H groups in total. The second kappa shape index (κ2) is 4.67. The fraction of sp³-hybridized carbons (Fsp3) is 0.273. The highest BCUT2D eigenvalue weighted by Gasteiger charge is 2.16. The summed E-state index contributed by atoms with van der Waals surface area (Å²) in [4.78, 5) is 0.216. The Labute approximate surface area is 96.2 Å². The van der Waals surface area contributed by atoms with Crippen molar-refractivity contribution in [3.8, 4) is 0 Å². The molecule has 0 heterocycles. The summed E-state index contributed by atoms with van der Waals surface area (Å²) in [5.41, 5.74) is 7.46. The molecule has 1 aromatic carbocycles. The van der Waals surface area contributed by atoms with Crippen LogP contribution in [-0.4, -0.2) is 15.0 Å². The summed E-state index contributed by atoms with van der Waals surface area (Å²) in [7, 11) is -3.50. The summed E-state index contributed by atoms with van der Waals surface area (Å²) < 4.78 is 26.3. The molecule has 0 aliphatic rings. The van der Waals surface area contributed by atoms with Gasteiger partial charge in [-0.2, -0.15) is 0 Å². The number of rotatable bonds is 4. The van der Waals surface area contributed by atoms with Crippen molar-refractivity contribution in [2.75, 3.05) is 12.3 Å². The van der Waals surface area contributed by atoms with Gasteiger partial charge in [0.2, 0.25) is 10.0 Å². The van der Waals surface area contributed by atoms with Crippen LogP contribution in [0.25, 0.3) is 0 Å². The van der Waals surface area contributed by atoms with Crippen LogP contribution in [0, 0.1) is 6.92 Å². The molecular formula is C11H16N2O2S. The zero-order valence-electron chi connectivity index (χ0n) is 9.45. The molecule has 0 saturated carbocycles. The first kappa shape index (κ1) is 12.7. The second-order valence-corrected chi connectivity index (χ2v) is 5.49. The summed E-state index contributed by atoms with van der Waals surface area (Å²) in [5.74, 6) is 0. The lowest BCUT2D eigenvalue weighted by Crippen LogP contribution is -2.26. The fourth-order valence-corrected chi connectivity index (χ4v) is 2.59. The predicted octanol–water partition coefficient (Wildman–Crippen LogP) is 1.43. The largest absolute Gasteiger partial charge is 0.398 e. The van der Waals surface area contributed by atoms with Crippen molar-refractivity contribution in [3.05, 3.63) is 35.9 Å². The number of hydrogen-bond donors (Lipinski definition) is 2. The lowest BCUT2D eigenvalue weighted by atomic mass is 10.2. The van der Waals surface area contributed by atoms with Crippen LogP contribution in [0.1, 0.15) is 12.5 Å². The van der Waals surface area contributed by atoms with E-state index in [1.54, 1.807) is 26.0 Å². The normalized spacial score (nSPS) is 11.4. The lowest BCUT2D eigenvalue weighted by molar-refractivity contribution is 0.584. The molecule has 5 heteroatoms. The molecule has 88 valence electrons. The van der Waals surface area contributed by atoms with Gasteiger partial charge in [-0.05, 0) is 31.5 Å². The highest BCUT2D eigenvalue weighted by molar-refractivity contribution is 7.89. The molecule has 0 unspecified atom stereocenters. The minimum absolute atomic E-state index is 0.216. The number of nitrogens with two attached hydrogens (primary N) is 1. The molecule has 0 radical (unpaired) electrons. The third-order valence-electron chi connectivity index (χ3n) is 2.18. The summed E-state index contributed by atoms with van der Waals surface area (Å²) >= 11 is 0. The van der Waals surface area contributed by atoms with Gasteiger partial charge in [0.25, 0.3) is 0 Å². The average Bonchev–Trinajstić information content (AvgIpc) is 2.19. The monoisotopic (exact) mass is 240 g/mol. The first-order valence-electron chi connectivity index (χ1n) is 4.83. The minimum atomic E-state index is -3.50. The third kappa shape index (κ3) is 2.84. The van der Waals surface area contributed by atoms with Gasteiger partial charge < -0.3 is 5.73 Å². The van der Waals surface area contributed by atoms with E-state index in [0.29, 0.717) is 11.3 Å².